The lowest BCUT2D eigenvalue weighted by atomic mass is 10.2. The van der Waals surface area contributed by atoms with Crippen LogP contribution in [0.1, 0.15) is 44.7 Å². The van der Waals surface area contributed by atoms with E-state index >= 15 is 0 Å². The van der Waals surface area contributed by atoms with Crippen molar-refractivity contribution in [3.63, 3.8) is 0 Å². The molecule has 1 aliphatic carbocycles. The van der Waals surface area contributed by atoms with Crippen LogP contribution in [-0.4, -0.2) is 22.9 Å². The van der Waals surface area contributed by atoms with Gasteiger partial charge in [0.2, 0.25) is 0 Å². The molecule has 0 aliphatic heterocycles. The van der Waals surface area contributed by atoms with Crippen molar-refractivity contribution >= 4 is 0 Å². The molecule has 2 rings (SSSR count). The Bertz CT molecular complexity index is 315. The van der Waals surface area contributed by atoms with Crippen LogP contribution in [0.4, 0.5) is 0 Å². The molecule has 1 heterocycles. The minimum atomic E-state index is 0.600. The predicted molar refractivity (Wildman–Crippen MR) is 66.5 cm³/mol. The van der Waals surface area contributed by atoms with Crippen molar-refractivity contribution in [1.82, 2.24) is 15.1 Å². The van der Waals surface area contributed by atoms with Crippen LogP contribution in [0.3, 0.4) is 0 Å². The Labute approximate surface area is 98.2 Å². The van der Waals surface area contributed by atoms with E-state index in [-0.39, 0.29) is 0 Å². The molecule has 0 spiro atoms. The van der Waals surface area contributed by atoms with Gasteiger partial charge in [0.1, 0.15) is 0 Å². The Balaban J connectivity index is 1.77. The highest BCUT2D eigenvalue weighted by molar-refractivity contribution is 5.05. The van der Waals surface area contributed by atoms with E-state index < -0.39 is 0 Å². The molecular formula is C13H23N3. The summed E-state index contributed by atoms with van der Waals surface area (Å²) in [6.45, 7) is 6.61. The molecule has 1 aromatic rings. The number of aromatic nitrogens is 2. The Morgan fingerprint density at radius 1 is 1.56 bits per heavy atom. The standard InChI is InChI=1S/C13H23N3/c1-3-14-8-4-5-12-9-15-16(10-12)11(2)13-6-7-13/h9-11,13-14H,3-8H2,1-2H3. The Hall–Kier alpha value is -0.830. The highest BCUT2D eigenvalue weighted by atomic mass is 15.3. The summed E-state index contributed by atoms with van der Waals surface area (Å²) in [6, 6.07) is 0.600. The fraction of sp³-hybridized carbons (Fsp3) is 0.769. The van der Waals surface area contributed by atoms with Crippen LogP contribution in [0, 0.1) is 5.92 Å². The Morgan fingerprint density at radius 3 is 3.06 bits per heavy atom. The lowest BCUT2D eigenvalue weighted by Gasteiger charge is -2.09. The largest absolute Gasteiger partial charge is 0.317 e. The molecule has 1 saturated carbocycles. The van der Waals surface area contributed by atoms with Crippen LogP contribution in [-0.2, 0) is 6.42 Å². The third-order valence-corrected chi connectivity index (χ3v) is 3.45. The number of hydrogen-bond donors (Lipinski definition) is 1. The van der Waals surface area contributed by atoms with Gasteiger partial charge in [-0.05, 0) is 57.2 Å². The van der Waals surface area contributed by atoms with Gasteiger partial charge in [-0.15, -0.1) is 0 Å². The van der Waals surface area contributed by atoms with E-state index in [0.717, 1.165) is 25.4 Å². The zero-order valence-corrected chi connectivity index (χ0v) is 10.4. The maximum absolute atomic E-state index is 4.47. The number of hydrogen-bond acceptors (Lipinski definition) is 2. The van der Waals surface area contributed by atoms with Gasteiger partial charge in [0.25, 0.3) is 0 Å². The molecule has 3 heteroatoms. The summed E-state index contributed by atoms with van der Waals surface area (Å²) < 4.78 is 2.15. The van der Waals surface area contributed by atoms with E-state index in [4.69, 9.17) is 0 Å². The predicted octanol–water partition coefficient (Wildman–Crippen LogP) is 2.40. The van der Waals surface area contributed by atoms with Crippen LogP contribution in [0.5, 0.6) is 0 Å². The van der Waals surface area contributed by atoms with E-state index in [9.17, 15) is 0 Å². The summed E-state index contributed by atoms with van der Waals surface area (Å²) in [4.78, 5) is 0. The molecule has 0 saturated heterocycles. The zero-order valence-electron chi connectivity index (χ0n) is 10.4. The van der Waals surface area contributed by atoms with Crippen molar-refractivity contribution in [1.29, 1.82) is 0 Å². The van der Waals surface area contributed by atoms with Crippen molar-refractivity contribution in [2.45, 2.75) is 45.6 Å². The third kappa shape index (κ3) is 3.08. The van der Waals surface area contributed by atoms with Crippen molar-refractivity contribution in [2.75, 3.05) is 13.1 Å². The summed E-state index contributed by atoms with van der Waals surface area (Å²) in [5, 5.41) is 7.82. The van der Waals surface area contributed by atoms with Gasteiger partial charge in [-0.2, -0.15) is 5.10 Å². The molecule has 1 aromatic heterocycles. The van der Waals surface area contributed by atoms with Crippen molar-refractivity contribution in [3.8, 4) is 0 Å². The van der Waals surface area contributed by atoms with E-state index in [0.29, 0.717) is 6.04 Å². The fourth-order valence-corrected chi connectivity index (χ4v) is 2.12. The second kappa shape index (κ2) is 5.48. The summed E-state index contributed by atoms with van der Waals surface area (Å²) in [5.74, 6) is 0.884. The number of aryl methyl sites for hydroxylation is 1. The second-order valence-electron chi connectivity index (χ2n) is 4.86. The molecule has 0 amide bonds. The minimum absolute atomic E-state index is 0.600. The van der Waals surface area contributed by atoms with E-state index in [1.54, 1.807) is 0 Å². The Morgan fingerprint density at radius 2 is 2.38 bits per heavy atom. The zero-order chi connectivity index (χ0) is 11.4. The topological polar surface area (TPSA) is 29.9 Å². The molecule has 90 valence electrons. The van der Waals surface area contributed by atoms with Crippen LogP contribution in [0.25, 0.3) is 0 Å². The van der Waals surface area contributed by atoms with E-state index in [1.807, 2.05) is 6.20 Å². The van der Waals surface area contributed by atoms with Crippen molar-refractivity contribution in [3.05, 3.63) is 18.0 Å². The first kappa shape index (κ1) is 11.6. The molecule has 1 unspecified atom stereocenters. The molecule has 0 aromatic carbocycles. The van der Waals surface area contributed by atoms with Crippen molar-refractivity contribution < 1.29 is 0 Å². The number of nitrogens with zero attached hydrogens (tertiary/aromatic N) is 2. The smallest absolute Gasteiger partial charge is 0.0521 e. The van der Waals surface area contributed by atoms with Crippen molar-refractivity contribution in [2.24, 2.45) is 5.92 Å². The number of rotatable bonds is 7. The van der Waals surface area contributed by atoms with Gasteiger partial charge >= 0.3 is 0 Å². The van der Waals surface area contributed by atoms with Gasteiger partial charge in [-0.1, -0.05) is 6.92 Å². The lowest BCUT2D eigenvalue weighted by Crippen LogP contribution is -2.14. The quantitative estimate of drug-likeness (QED) is 0.717. The van der Waals surface area contributed by atoms with Gasteiger partial charge < -0.3 is 5.32 Å². The molecular weight excluding hydrogens is 198 g/mol. The molecule has 16 heavy (non-hydrogen) atoms. The summed E-state index contributed by atoms with van der Waals surface area (Å²) >= 11 is 0. The van der Waals surface area contributed by atoms with Gasteiger partial charge in [0.05, 0.1) is 12.2 Å². The summed E-state index contributed by atoms with van der Waals surface area (Å²) in [7, 11) is 0. The van der Waals surface area contributed by atoms with Crippen LogP contribution < -0.4 is 5.32 Å². The first-order valence-corrected chi connectivity index (χ1v) is 6.55. The molecule has 3 nitrogen and oxygen atoms in total. The molecule has 0 radical (unpaired) electrons. The van der Waals surface area contributed by atoms with Gasteiger partial charge in [0.15, 0.2) is 0 Å². The monoisotopic (exact) mass is 221 g/mol. The summed E-state index contributed by atoms with van der Waals surface area (Å²) in [6.07, 6.45) is 9.38. The summed E-state index contributed by atoms with van der Waals surface area (Å²) in [5.41, 5.74) is 1.38. The minimum Gasteiger partial charge on any atom is -0.317 e. The Kier molecular flexibility index (Phi) is 3.99. The average molecular weight is 221 g/mol. The highest BCUT2D eigenvalue weighted by Crippen LogP contribution is 2.39. The molecule has 1 N–H and O–H groups in total. The van der Waals surface area contributed by atoms with Gasteiger partial charge in [0, 0.05) is 6.20 Å². The van der Waals surface area contributed by atoms with Crippen LogP contribution >= 0.6 is 0 Å². The first-order chi connectivity index (χ1) is 7.81. The molecule has 0 bridgehead atoms. The third-order valence-electron chi connectivity index (χ3n) is 3.45. The van der Waals surface area contributed by atoms with E-state index in [2.05, 4.69) is 35.1 Å². The van der Waals surface area contributed by atoms with E-state index in [1.165, 1.54) is 24.8 Å². The fourth-order valence-electron chi connectivity index (χ4n) is 2.12. The lowest BCUT2D eigenvalue weighted by molar-refractivity contribution is 0.439. The van der Waals surface area contributed by atoms with Crippen LogP contribution in [0.2, 0.25) is 0 Å². The maximum atomic E-state index is 4.47. The normalized spacial score (nSPS) is 17.6. The maximum Gasteiger partial charge on any atom is 0.0521 e. The SMILES string of the molecule is CCNCCCc1cnn(C(C)C2CC2)c1. The van der Waals surface area contributed by atoms with Gasteiger partial charge in [-0.25, -0.2) is 0 Å². The highest BCUT2D eigenvalue weighted by Gasteiger charge is 2.29. The number of nitrogens with one attached hydrogen (secondary N) is 1. The average Bonchev–Trinajstić information content (AvgIpc) is 3.03. The first-order valence-electron chi connectivity index (χ1n) is 6.55. The molecule has 1 atom stereocenters. The molecule has 1 fully saturated rings. The van der Waals surface area contributed by atoms with Gasteiger partial charge in [-0.3, -0.25) is 4.68 Å². The molecule has 1 aliphatic rings. The van der Waals surface area contributed by atoms with Crippen LogP contribution in [0.15, 0.2) is 12.4 Å². The second-order valence-corrected chi connectivity index (χ2v) is 4.86.